The van der Waals surface area contributed by atoms with E-state index < -0.39 is 5.69 Å². The third-order valence-corrected chi connectivity index (χ3v) is 0.988. The van der Waals surface area contributed by atoms with Crippen LogP contribution in [0.3, 0.4) is 0 Å². The first kappa shape index (κ1) is 7.51. The predicted octanol–water partition coefficient (Wildman–Crippen LogP) is -1.73. The van der Waals surface area contributed by atoms with Gasteiger partial charge in [-0.05, 0) is 0 Å². The monoisotopic (exact) mass is 158 g/mol. The van der Waals surface area contributed by atoms with Crippen LogP contribution < -0.4 is 27.2 Å². The van der Waals surface area contributed by atoms with Crippen LogP contribution in [0.25, 0.3) is 0 Å². The second-order valence-corrected chi connectivity index (χ2v) is 1.62. The van der Waals surface area contributed by atoms with Crippen LogP contribution >= 0.6 is 0 Å². The zero-order chi connectivity index (χ0) is 8.27. The minimum absolute atomic E-state index is 0.0621. The van der Waals surface area contributed by atoms with Crippen LogP contribution in [0.5, 0.6) is 11.6 Å². The third-order valence-electron chi connectivity index (χ3n) is 0.988. The average molecular weight is 158 g/mol. The fourth-order valence-electron chi connectivity index (χ4n) is 0.538. The Labute approximate surface area is 60.8 Å². The van der Waals surface area contributed by atoms with Crippen LogP contribution in [0.15, 0.2) is 11.0 Å². The minimum atomic E-state index is -0.591. The average Bonchev–Trinajstić information content (AvgIpc) is 2.04. The molecule has 0 atom stereocenters. The Bertz CT molecular complexity index is 296. The molecule has 0 aliphatic heterocycles. The molecule has 0 aliphatic carbocycles. The first-order valence-electron chi connectivity index (χ1n) is 2.60. The van der Waals surface area contributed by atoms with Gasteiger partial charge in [-0.25, -0.2) is 4.79 Å². The molecule has 0 amide bonds. The van der Waals surface area contributed by atoms with Gasteiger partial charge in [0.25, 0.3) is 5.88 Å². The summed E-state index contributed by atoms with van der Waals surface area (Å²) in [6, 6.07) is 0. The lowest BCUT2D eigenvalue weighted by Gasteiger charge is -2.01. The van der Waals surface area contributed by atoms with E-state index in [-0.39, 0.29) is 11.6 Å². The molecule has 7 heteroatoms. The van der Waals surface area contributed by atoms with E-state index >= 15 is 0 Å². The molecule has 11 heavy (non-hydrogen) atoms. The van der Waals surface area contributed by atoms with Gasteiger partial charge in [-0.1, -0.05) is 0 Å². The highest BCUT2D eigenvalue weighted by Gasteiger charge is 2.04. The molecule has 0 unspecified atom stereocenters. The van der Waals surface area contributed by atoms with Crippen LogP contribution in [0, 0.1) is 0 Å². The number of rotatable bonds is 2. The van der Waals surface area contributed by atoms with Crippen molar-refractivity contribution >= 4 is 0 Å². The van der Waals surface area contributed by atoms with Crippen molar-refractivity contribution in [1.29, 1.82) is 0 Å². The first-order chi connectivity index (χ1) is 5.27. The highest BCUT2D eigenvalue weighted by atomic mass is 16.7. The van der Waals surface area contributed by atoms with Gasteiger partial charge in [0.1, 0.15) is 0 Å². The highest BCUT2D eigenvalue weighted by Crippen LogP contribution is 2.17. The van der Waals surface area contributed by atoms with Crippen molar-refractivity contribution in [1.82, 2.24) is 9.97 Å². The molecule has 0 aliphatic rings. The van der Waals surface area contributed by atoms with Crippen molar-refractivity contribution < 1.29 is 9.68 Å². The summed E-state index contributed by atoms with van der Waals surface area (Å²) in [5.41, 5.74) is -0.591. The molecule has 7 nitrogen and oxygen atoms in total. The Morgan fingerprint density at radius 2 is 2.18 bits per heavy atom. The molecule has 1 aromatic heterocycles. The van der Waals surface area contributed by atoms with Gasteiger partial charge < -0.3 is 9.68 Å². The molecule has 1 rings (SSSR count). The van der Waals surface area contributed by atoms with Gasteiger partial charge in [0.05, 0.1) is 6.20 Å². The number of nitrogens with one attached hydrogen (secondary N) is 1. The molecule has 0 radical (unpaired) electrons. The Kier molecular flexibility index (Phi) is 2.04. The Morgan fingerprint density at radius 3 is 2.73 bits per heavy atom. The van der Waals surface area contributed by atoms with E-state index in [9.17, 15) is 4.79 Å². The largest absolute Gasteiger partial charge is 0.404 e. The van der Waals surface area contributed by atoms with Gasteiger partial charge in [-0.2, -0.15) is 16.8 Å². The zero-order valence-corrected chi connectivity index (χ0v) is 5.40. The van der Waals surface area contributed by atoms with Crippen LogP contribution in [-0.4, -0.2) is 9.97 Å². The molecule has 0 aromatic carbocycles. The van der Waals surface area contributed by atoms with Crippen LogP contribution in [-0.2, 0) is 0 Å². The van der Waals surface area contributed by atoms with E-state index in [4.69, 9.17) is 11.8 Å². The molecule has 5 N–H and O–H groups in total. The SMILES string of the molecule is NOc1cnc(=O)[nH]c1ON. The Balaban J connectivity index is 3.16. The van der Waals surface area contributed by atoms with Gasteiger partial charge >= 0.3 is 5.69 Å². The molecule has 0 saturated carbocycles. The van der Waals surface area contributed by atoms with Crippen LogP contribution in [0.2, 0.25) is 0 Å². The molecule has 0 spiro atoms. The van der Waals surface area contributed by atoms with Crippen LogP contribution in [0.4, 0.5) is 0 Å². The zero-order valence-electron chi connectivity index (χ0n) is 5.40. The molecule has 0 bridgehead atoms. The number of H-pyrrole nitrogens is 1. The summed E-state index contributed by atoms with van der Waals surface area (Å²) in [5.74, 6) is 9.54. The Hall–Kier alpha value is -1.60. The van der Waals surface area contributed by atoms with E-state index in [1.54, 1.807) is 0 Å². The Morgan fingerprint density at radius 1 is 1.45 bits per heavy atom. The van der Waals surface area contributed by atoms with Crippen molar-refractivity contribution in [3.05, 3.63) is 16.7 Å². The van der Waals surface area contributed by atoms with E-state index in [1.165, 1.54) is 0 Å². The van der Waals surface area contributed by atoms with Gasteiger partial charge in [-0.3, -0.25) is 4.98 Å². The van der Waals surface area contributed by atoms with Crippen LogP contribution in [0.1, 0.15) is 0 Å². The van der Waals surface area contributed by atoms with Gasteiger partial charge in [0, 0.05) is 0 Å². The lowest BCUT2D eigenvalue weighted by molar-refractivity contribution is 0.268. The van der Waals surface area contributed by atoms with Crippen molar-refractivity contribution in [2.75, 3.05) is 0 Å². The summed E-state index contributed by atoms with van der Waals surface area (Å²) in [4.78, 5) is 24.5. The summed E-state index contributed by atoms with van der Waals surface area (Å²) in [7, 11) is 0. The van der Waals surface area contributed by atoms with E-state index in [2.05, 4.69) is 19.6 Å². The van der Waals surface area contributed by atoms with E-state index in [0.29, 0.717) is 0 Å². The van der Waals surface area contributed by atoms with Crippen molar-refractivity contribution in [3.63, 3.8) is 0 Å². The summed E-state index contributed by atoms with van der Waals surface area (Å²) in [5, 5.41) is 0. The molecular weight excluding hydrogens is 152 g/mol. The minimum Gasteiger partial charge on any atom is -0.404 e. The molecular formula is C4H6N4O3. The molecule has 1 aromatic rings. The number of nitrogens with zero attached hydrogens (tertiary/aromatic N) is 1. The number of hydrogen-bond donors (Lipinski definition) is 3. The quantitative estimate of drug-likeness (QED) is 0.440. The molecule has 0 saturated heterocycles. The lowest BCUT2D eigenvalue weighted by Crippen LogP contribution is -2.16. The molecule has 1 heterocycles. The number of hydrogen-bond acceptors (Lipinski definition) is 6. The maximum absolute atomic E-state index is 10.5. The van der Waals surface area contributed by atoms with Gasteiger partial charge in [-0.15, -0.1) is 0 Å². The van der Waals surface area contributed by atoms with E-state index in [0.717, 1.165) is 6.20 Å². The van der Waals surface area contributed by atoms with Gasteiger partial charge in [0.15, 0.2) is 0 Å². The maximum atomic E-state index is 10.5. The number of aromatic nitrogens is 2. The maximum Gasteiger partial charge on any atom is 0.347 e. The summed E-state index contributed by atoms with van der Waals surface area (Å²) >= 11 is 0. The second kappa shape index (κ2) is 2.99. The summed E-state index contributed by atoms with van der Waals surface area (Å²) in [6.07, 6.45) is 1.10. The summed E-state index contributed by atoms with van der Waals surface area (Å²) in [6.45, 7) is 0. The lowest BCUT2D eigenvalue weighted by atomic mass is 10.6. The standard InChI is InChI=1S/C4H6N4O3/c5-10-2-1-7-4(9)8-3(2)11-6/h1H,5-6H2,(H,7,8,9). The van der Waals surface area contributed by atoms with Crippen molar-refractivity contribution in [2.45, 2.75) is 0 Å². The summed E-state index contributed by atoms with van der Waals surface area (Å²) < 4.78 is 0. The van der Waals surface area contributed by atoms with E-state index in [1.807, 2.05) is 0 Å². The fraction of sp³-hybridized carbons (Fsp3) is 0. The third kappa shape index (κ3) is 1.45. The van der Waals surface area contributed by atoms with Crippen molar-refractivity contribution in [3.8, 4) is 11.6 Å². The predicted molar refractivity (Wildman–Crippen MR) is 34.5 cm³/mol. The molecule has 60 valence electrons. The number of nitrogens with two attached hydrogens (primary N) is 2. The topological polar surface area (TPSA) is 116 Å². The fourth-order valence-corrected chi connectivity index (χ4v) is 0.538. The first-order valence-corrected chi connectivity index (χ1v) is 2.60. The second-order valence-electron chi connectivity index (χ2n) is 1.62. The normalized spacial score (nSPS) is 9.27. The van der Waals surface area contributed by atoms with Crippen molar-refractivity contribution in [2.24, 2.45) is 11.8 Å². The highest BCUT2D eigenvalue weighted by molar-refractivity contribution is 5.28. The molecule has 0 fully saturated rings. The smallest absolute Gasteiger partial charge is 0.347 e. The number of aromatic amines is 1. The van der Waals surface area contributed by atoms with Gasteiger partial charge in [0.2, 0.25) is 5.75 Å².